The second-order valence-corrected chi connectivity index (χ2v) is 4.63. The third-order valence-corrected chi connectivity index (χ3v) is 3.07. The average molecular weight is 261 g/mol. The molecular formula is C12H15N5O2. The van der Waals surface area contributed by atoms with Gasteiger partial charge in [0.05, 0.1) is 6.54 Å². The first-order valence-corrected chi connectivity index (χ1v) is 6.11. The number of carbonyl (C=O) groups excluding carboxylic acids is 1. The van der Waals surface area contributed by atoms with E-state index >= 15 is 0 Å². The van der Waals surface area contributed by atoms with E-state index in [4.69, 9.17) is 4.42 Å². The van der Waals surface area contributed by atoms with Crippen LogP contribution in [-0.4, -0.2) is 46.2 Å². The molecule has 3 rings (SSSR count). The van der Waals surface area contributed by atoms with E-state index in [9.17, 15) is 4.79 Å². The first-order valence-electron chi connectivity index (χ1n) is 6.11. The molecule has 0 saturated heterocycles. The van der Waals surface area contributed by atoms with Crippen LogP contribution in [0.4, 0.5) is 0 Å². The molecule has 0 saturated carbocycles. The lowest BCUT2D eigenvalue weighted by Crippen LogP contribution is -2.28. The normalized spacial score (nSPS) is 14.2. The van der Waals surface area contributed by atoms with E-state index in [1.165, 1.54) is 4.90 Å². The highest BCUT2D eigenvalue weighted by atomic mass is 16.4. The molecule has 0 aliphatic carbocycles. The number of furan rings is 1. The van der Waals surface area contributed by atoms with Gasteiger partial charge in [0.15, 0.2) is 17.3 Å². The van der Waals surface area contributed by atoms with Crippen LogP contribution in [0.15, 0.2) is 16.5 Å². The van der Waals surface area contributed by atoms with Crippen molar-refractivity contribution < 1.29 is 9.21 Å². The number of carbonyl (C=O) groups is 1. The van der Waals surface area contributed by atoms with Crippen molar-refractivity contribution in [1.29, 1.82) is 0 Å². The molecule has 7 heteroatoms. The Balaban J connectivity index is 1.95. The summed E-state index contributed by atoms with van der Waals surface area (Å²) in [6.45, 7) is 2.38. The molecule has 0 aromatic carbocycles. The summed E-state index contributed by atoms with van der Waals surface area (Å²) in [5.41, 5.74) is 0. The molecule has 2 aromatic heterocycles. The summed E-state index contributed by atoms with van der Waals surface area (Å²) in [7, 11) is 3.38. The third kappa shape index (κ3) is 2.01. The van der Waals surface area contributed by atoms with Crippen LogP contribution in [0.3, 0.4) is 0 Å². The predicted molar refractivity (Wildman–Crippen MR) is 67.4 cm³/mol. The maximum atomic E-state index is 11.8. The molecule has 0 radical (unpaired) electrons. The summed E-state index contributed by atoms with van der Waals surface area (Å²) in [5, 5.41) is 11.5. The fraction of sp³-hybridized carbons (Fsp3) is 0.417. The highest BCUT2D eigenvalue weighted by Gasteiger charge is 2.20. The Morgan fingerprint density at radius 1 is 1.42 bits per heavy atom. The van der Waals surface area contributed by atoms with Gasteiger partial charge in [-0.1, -0.05) is 0 Å². The van der Waals surface area contributed by atoms with Crippen LogP contribution in [0, 0.1) is 0 Å². The minimum Gasteiger partial charge on any atom is -0.448 e. The summed E-state index contributed by atoms with van der Waals surface area (Å²) >= 11 is 0. The van der Waals surface area contributed by atoms with Crippen molar-refractivity contribution in [2.24, 2.45) is 0 Å². The molecular weight excluding hydrogens is 246 g/mol. The lowest BCUT2D eigenvalue weighted by molar-refractivity contribution is 0.0797. The van der Waals surface area contributed by atoms with E-state index < -0.39 is 0 Å². The zero-order chi connectivity index (χ0) is 13.4. The van der Waals surface area contributed by atoms with Gasteiger partial charge in [0, 0.05) is 27.2 Å². The Morgan fingerprint density at radius 2 is 2.26 bits per heavy atom. The van der Waals surface area contributed by atoms with Crippen molar-refractivity contribution in [3.63, 3.8) is 0 Å². The molecule has 1 aliphatic heterocycles. The van der Waals surface area contributed by atoms with Gasteiger partial charge >= 0.3 is 0 Å². The van der Waals surface area contributed by atoms with Crippen molar-refractivity contribution in [3.05, 3.63) is 23.7 Å². The molecule has 2 aromatic rings. The Morgan fingerprint density at radius 3 is 3.05 bits per heavy atom. The lowest BCUT2D eigenvalue weighted by Gasteiger charge is -2.15. The SMILES string of the molecule is CN(C)C(=O)c1ccc(-c2nnc3n2CCNC3)o1. The van der Waals surface area contributed by atoms with E-state index in [0.717, 1.165) is 18.9 Å². The largest absolute Gasteiger partial charge is 0.448 e. The molecule has 3 heterocycles. The summed E-state index contributed by atoms with van der Waals surface area (Å²) in [6.07, 6.45) is 0. The van der Waals surface area contributed by atoms with Crippen LogP contribution in [0.2, 0.25) is 0 Å². The Hall–Kier alpha value is -2.15. The van der Waals surface area contributed by atoms with Gasteiger partial charge in [0.2, 0.25) is 0 Å². The maximum Gasteiger partial charge on any atom is 0.289 e. The van der Waals surface area contributed by atoms with Crippen LogP contribution < -0.4 is 5.32 Å². The van der Waals surface area contributed by atoms with Gasteiger partial charge in [-0.05, 0) is 12.1 Å². The number of fused-ring (bicyclic) bond motifs is 1. The standard InChI is InChI=1S/C12H15N5O2/c1-16(2)12(18)9-4-3-8(19-9)11-15-14-10-7-13-5-6-17(10)11/h3-4,13H,5-7H2,1-2H3. The summed E-state index contributed by atoms with van der Waals surface area (Å²) in [5.74, 6) is 2.29. The van der Waals surface area contributed by atoms with E-state index in [1.54, 1.807) is 26.2 Å². The molecule has 1 aliphatic rings. The fourth-order valence-electron chi connectivity index (χ4n) is 2.07. The Labute approximate surface area is 110 Å². The first-order chi connectivity index (χ1) is 9.16. The zero-order valence-corrected chi connectivity index (χ0v) is 10.9. The summed E-state index contributed by atoms with van der Waals surface area (Å²) in [4.78, 5) is 13.3. The monoisotopic (exact) mass is 261 g/mol. The second kappa shape index (κ2) is 4.51. The second-order valence-electron chi connectivity index (χ2n) is 4.63. The van der Waals surface area contributed by atoms with E-state index in [-0.39, 0.29) is 5.91 Å². The van der Waals surface area contributed by atoms with Gasteiger partial charge in [-0.2, -0.15) is 0 Å². The first kappa shape index (κ1) is 11.9. The van der Waals surface area contributed by atoms with Crippen molar-refractivity contribution in [2.75, 3.05) is 20.6 Å². The van der Waals surface area contributed by atoms with Crippen LogP contribution >= 0.6 is 0 Å². The van der Waals surface area contributed by atoms with Gasteiger partial charge in [-0.15, -0.1) is 10.2 Å². The molecule has 0 unspecified atom stereocenters. The summed E-state index contributed by atoms with van der Waals surface area (Å²) < 4.78 is 7.60. The molecule has 1 amide bonds. The van der Waals surface area contributed by atoms with E-state index in [0.29, 0.717) is 23.9 Å². The molecule has 1 N–H and O–H groups in total. The highest BCUT2D eigenvalue weighted by molar-refractivity contribution is 5.91. The van der Waals surface area contributed by atoms with Crippen molar-refractivity contribution in [1.82, 2.24) is 25.0 Å². The van der Waals surface area contributed by atoms with Gasteiger partial charge in [-0.3, -0.25) is 4.79 Å². The Kier molecular flexibility index (Phi) is 2.83. The van der Waals surface area contributed by atoms with E-state index in [1.807, 2.05) is 4.57 Å². The fourth-order valence-corrected chi connectivity index (χ4v) is 2.07. The van der Waals surface area contributed by atoms with Crippen LogP contribution in [-0.2, 0) is 13.1 Å². The number of hydrogen-bond donors (Lipinski definition) is 1. The minimum absolute atomic E-state index is 0.161. The topological polar surface area (TPSA) is 76.2 Å². The van der Waals surface area contributed by atoms with E-state index in [2.05, 4.69) is 15.5 Å². The van der Waals surface area contributed by atoms with Gasteiger partial charge in [0.1, 0.15) is 5.82 Å². The molecule has 7 nitrogen and oxygen atoms in total. The maximum absolute atomic E-state index is 11.8. The quantitative estimate of drug-likeness (QED) is 0.843. The van der Waals surface area contributed by atoms with Crippen molar-refractivity contribution in [3.8, 4) is 11.6 Å². The molecule has 100 valence electrons. The Bertz CT molecular complexity index is 613. The molecule has 0 fully saturated rings. The van der Waals surface area contributed by atoms with Gasteiger partial charge in [-0.25, -0.2) is 0 Å². The number of hydrogen-bond acceptors (Lipinski definition) is 5. The molecule has 19 heavy (non-hydrogen) atoms. The minimum atomic E-state index is -0.161. The molecule has 0 atom stereocenters. The number of amides is 1. The van der Waals surface area contributed by atoms with Crippen LogP contribution in [0.25, 0.3) is 11.6 Å². The summed E-state index contributed by atoms with van der Waals surface area (Å²) in [6, 6.07) is 3.43. The van der Waals surface area contributed by atoms with Crippen LogP contribution in [0.5, 0.6) is 0 Å². The number of rotatable bonds is 2. The van der Waals surface area contributed by atoms with Crippen LogP contribution in [0.1, 0.15) is 16.4 Å². The predicted octanol–water partition coefficient (Wildman–Crippen LogP) is 0.343. The van der Waals surface area contributed by atoms with Crippen molar-refractivity contribution >= 4 is 5.91 Å². The lowest BCUT2D eigenvalue weighted by atomic mass is 10.3. The highest BCUT2D eigenvalue weighted by Crippen LogP contribution is 2.22. The van der Waals surface area contributed by atoms with Gasteiger partial charge < -0.3 is 19.2 Å². The number of aromatic nitrogens is 3. The average Bonchev–Trinajstić information content (AvgIpc) is 3.03. The molecule has 0 spiro atoms. The third-order valence-electron chi connectivity index (χ3n) is 3.07. The number of nitrogens with one attached hydrogen (secondary N) is 1. The molecule has 0 bridgehead atoms. The van der Waals surface area contributed by atoms with Crippen molar-refractivity contribution in [2.45, 2.75) is 13.1 Å². The smallest absolute Gasteiger partial charge is 0.289 e. The van der Waals surface area contributed by atoms with Gasteiger partial charge in [0.25, 0.3) is 5.91 Å². The zero-order valence-electron chi connectivity index (χ0n) is 10.9. The number of nitrogens with zero attached hydrogens (tertiary/aromatic N) is 4.